The van der Waals surface area contributed by atoms with Gasteiger partial charge in [-0.2, -0.15) is 0 Å². The molecule has 0 atom stereocenters. The molecule has 5 N–H and O–H groups in total. The molecule has 0 saturated carbocycles. The molecule has 0 fully saturated rings. The van der Waals surface area contributed by atoms with Gasteiger partial charge in [0.15, 0.2) is 0 Å². The van der Waals surface area contributed by atoms with Gasteiger partial charge in [-0.1, -0.05) is 0 Å². The molecule has 52 valence electrons. The minimum atomic E-state index is -1.50. The first-order chi connectivity index (χ1) is 3.46. The zero-order chi connectivity index (χ0) is 7.15. The average Bonchev–Trinajstić information content (AvgIpc) is 1.25. The van der Waals surface area contributed by atoms with Crippen LogP contribution in [0.25, 0.3) is 0 Å². The van der Waals surface area contributed by atoms with Crippen LogP contribution < -0.4 is 11.5 Å². The summed E-state index contributed by atoms with van der Waals surface area (Å²) in [5, 5.41) is 13.6. The fourth-order valence-electron chi connectivity index (χ4n) is 0. The monoisotopic (exact) mass is 149 g/mol. The molecule has 0 bridgehead atoms. The normalized spacial score (nSPS) is 5.33. The summed E-state index contributed by atoms with van der Waals surface area (Å²) in [7, 11) is 0. The van der Waals surface area contributed by atoms with Crippen LogP contribution in [-0.2, 0) is 0 Å². The molecule has 9 heavy (non-hydrogen) atoms. The molecule has 0 spiro atoms. The van der Waals surface area contributed by atoms with Crippen molar-refractivity contribution in [2.75, 3.05) is 0 Å². The number of primary amides is 2. The maximum atomic E-state index is 9.00. The van der Waals surface area contributed by atoms with E-state index in [2.05, 4.69) is 11.5 Å². The van der Waals surface area contributed by atoms with Crippen LogP contribution in [0.15, 0.2) is 0 Å². The standard InChI is InChI=1S/CH4N2O.Mg.HNO3.2H/c2-1(3)4;;2-1(3)4;;/h(H4,2,3,4);;(H,2,3,4);;/q;+2;;2*-1. The van der Waals surface area contributed by atoms with E-state index in [1.165, 1.54) is 0 Å². The van der Waals surface area contributed by atoms with Crippen LogP contribution in [0.4, 0.5) is 4.79 Å². The summed E-state index contributed by atoms with van der Waals surface area (Å²) >= 11 is 0. The molecule has 0 aromatic rings. The molecule has 0 aliphatic rings. The zero-order valence-corrected chi connectivity index (χ0v) is 5.90. The molecule has 0 heterocycles. The summed E-state index contributed by atoms with van der Waals surface area (Å²) in [6, 6.07) is -0.833. The SMILES string of the molecule is NC(N)=O.O=[N+]([O-])O.[H-].[H-].[Mg+2]. The molecule has 0 aromatic carbocycles. The minimum absolute atomic E-state index is 0. The Balaban J connectivity index is -0.0000000171. The first-order valence-corrected chi connectivity index (χ1v) is 1.35. The van der Waals surface area contributed by atoms with Crippen molar-refractivity contribution in [3.8, 4) is 0 Å². The van der Waals surface area contributed by atoms with E-state index in [9.17, 15) is 0 Å². The first kappa shape index (κ1) is 15.7. The van der Waals surface area contributed by atoms with E-state index < -0.39 is 11.1 Å². The van der Waals surface area contributed by atoms with Gasteiger partial charge in [-0.15, -0.1) is 10.1 Å². The Bertz CT molecular complexity index is 81.3. The van der Waals surface area contributed by atoms with Crippen LogP contribution in [0.5, 0.6) is 0 Å². The summed E-state index contributed by atoms with van der Waals surface area (Å²) in [4.78, 5) is 17.4. The Morgan fingerprint density at radius 3 is 1.67 bits per heavy atom. The van der Waals surface area contributed by atoms with Crippen LogP contribution in [0.2, 0.25) is 0 Å². The number of rotatable bonds is 0. The molecule has 0 aliphatic carbocycles. The summed E-state index contributed by atoms with van der Waals surface area (Å²) in [6.07, 6.45) is 0. The van der Waals surface area contributed by atoms with E-state index in [0.29, 0.717) is 0 Å². The summed E-state index contributed by atoms with van der Waals surface area (Å²) < 4.78 is 0. The molecular weight excluding hydrogens is 142 g/mol. The van der Waals surface area contributed by atoms with E-state index >= 15 is 0 Å². The van der Waals surface area contributed by atoms with Crippen molar-refractivity contribution in [1.82, 2.24) is 0 Å². The second-order valence-corrected chi connectivity index (χ2v) is 0.640. The summed E-state index contributed by atoms with van der Waals surface area (Å²) in [5.74, 6) is 0. The second-order valence-electron chi connectivity index (χ2n) is 0.640. The Kier molecular flexibility index (Phi) is 17.9. The Labute approximate surface area is 69.2 Å². The van der Waals surface area contributed by atoms with Crippen molar-refractivity contribution < 1.29 is 17.9 Å². The summed E-state index contributed by atoms with van der Waals surface area (Å²) in [6.45, 7) is 0. The van der Waals surface area contributed by atoms with Gasteiger partial charge >= 0.3 is 29.1 Å². The Morgan fingerprint density at radius 2 is 1.67 bits per heavy atom. The van der Waals surface area contributed by atoms with Crippen molar-refractivity contribution >= 4 is 29.1 Å². The van der Waals surface area contributed by atoms with E-state index in [1.54, 1.807) is 0 Å². The van der Waals surface area contributed by atoms with Crippen LogP contribution in [0.1, 0.15) is 2.85 Å². The number of hydrogen-bond acceptors (Lipinski definition) is 3. The molecule has 0 aliphatic heterocycles. The fraction of sp³-hybridized carbons (Fsp3) is 0. The van der Waals surface area contributed by atoms with Crippen molar-refractivity contribution in [2.45, 2.75) is 0 Å². The van der Waals surface area contributed by atoms with Gasteiger partial charge in [0.25, 0.3) is 5.09 Å². The molecule has 0 rings (SSSR count). The number of hydrogen-bond donors (Lipinski definition) is 3. The molecule has 0 saturated heterocycles. The summed E-state index contributed by atoms with van der Waals surface area (Å²) in [5.41, 5.74) is 8.50. The minimum Gasteiger partial charge on any atom is -1.00 e. The molecule has 0 unspecified atom stereocenters. The van der Waals surface area contributed by atoms with Gasteiger partial charge < -0.3 is 19.5 Å². The van der Waals surface area contributed by atoms with Crippen LogP contribution in [0, 0.1) is 10.1 Å². The van der Waals surface area contributed by atoms with Crippen molar-refractivity contribution in [2.24, 2.45) is 11.5 Å². The molecule has 7 nitrogen and oxygen atoms in total. The van der Waals surface area contributed by atoms with Crippen molar-refractivity contribution in [3.05, 3.63) is 10.1 Å². The zero-order valence-electron chi connectivity index (χ0n) is 6.48. The third-order valence-electron chi connectivity index (χ3n) is 0. The molecule has 2 amide bonds. The Morgan fingerprint density at radius 1 is 1.67 bits per heavy atom. The number of urea groups is 1. The molecule has 0 radical (unpaired) electrons. The van der Waals surface area contributed by atoms with Crippen LogP contribution >= 0.6 is 0 Å². The van der Waals surface area contributed by atoms with E-state index in [-0.39, 0.29) is 25.9 Å². The van der Waals surface area contributed by atoms with Crippen LogP contribution in [-0.4, -0.2) is 39.4 Å². The fourth-order valence-corrected chi connectivity index (χ4v) is 0. The van der Waals surface area contributed by atoms with E-state index in [1.807, 2.05) is 0 Å². The number of nitrogens with two attached hydrogens (primary N) is 2. The topological polar surface area (TPSA) is 132 Å². The van der Waals surface area contributed by atoms with Crippen molar-refractivity contribution in [1.29, 1.82) is 0 Å². The Hall–Kier alpha value is -0.764. The van der Waals surface area contributed by atoms with Gasteiger partial charge in [0.05, 0.1) is 0 Å². The van der Waals surface area contributed by atoms with Gasteiger partial charge in [-0.3, -0.25) is 0 Å². The predicted molar refractivity (Wildman–Crippen MR) is 30.5 cm³/mol. The third-order valence-corrected chi connectivity index (χ3v) is 0. The molecule has 0 aromatic heterocycles. The van der Waals surface area contributed by atoms with Gasteiger partial charge in [-0.25, -0.2) is 4.79 Å². The first-order valence-electron chi connectivity index (χ1n) is 1.35. The van der Waals surface area contributed by atoms with Crippen LogP contribution in [0.3, 0.4) is 0 Å². The predicted octanol–water partition coefficient (Wildman–Crippen LogP) is -1.48. The number of nitrogens with zero attached hydrogens (tertiary/aromatic N) is 1. The average molecular weight is 149 g/mol. The van der Waals surface area contributed by atoms with Gasteiger partial charge in [-0.05, 0) is 0 Å². The van der Waals surface area contributed by atoms with E-state index in [0.717, 1.165) is 0 Å². The van der Waals surface area contributed by atoms with Gasteiger partial charge in [0, 0.05) is 0 Å². The smallest absolute Gasteiger partial charge is 1.00 e. The molecular formula is CH7MgN3O4. The second kappa shape index (κ2) is 10.3. The maximum absolute atomic E-state index is 9.00. The van der Waals surface area contributed by atoms with Gasteiger partial charge in [0.1, 0.15) is 0 Å². The van der Waals surface area contributed by atoms with Gasteiger partial charge in [0.2, 0.25) is 0 Å². The quantitative estimate of drug-likeness (QED) is 0.220. The number of carbonyl (C=O) groups excluding carboxylic acids is 1. The largest absolute Gasteiger partial charge is 2.00 e. The maximum Gasteiger partial charge on any atom is 2.00 e. The van der Waals surface area contributed by atoms with Crippen molar-refractivity contribution in [3.63, 3.8) is 0 Å². The number of carbonyl (C=O) groups is 1. The number of amides is 2. The third kappa shape index (κ3) is 340. The molecule has 8 heteroatoms. The van der Waals surface area contributed by atoms with E-state index in [4.69, 9.17) is 20.1 Å².